The van der Waals surface area contributed by atoms with Gasteiger partial charge in [-0.25, -0.2) is 13.2 Å². The summed E-state index contributed by atoms with van der Waals surface area (Å²) in [5.74, 6) is -0.386. The molecule has 0 aliphatic heterocycles. The molecule has 1 unspecified atom stereocenters. The van der Waals surface area contributed by atoms with Crippen LogP contribution < -0.4 is 0 Å². The second kappa shape index (κ2) is 8.01. The standard InChI is InChI=1S/C20H22O5S/c1-2-24-20(21)14-25-19-10-6-7-15-13-17(11-12-18(15)19)26(22,23)16-8-4-3-5-9-16/h3-5,8-9,11-13,19H,2,6-7,10,14H2,1H3. The van der Waals surface area contributed by atoms with Gasteiger partial charge in [0, 0.05) is 0 Å². The second-order valence-electron chi connectivity index (χ2n) is 6.17. The zero-order valence-electron chi connectivity index (χ0n) is 14.7. The number of hydrogen-bond donors (Lipinski definition) is 0. The van der Waals surface area contributed by atoms with Gasteiger partial charge in [0.25, 0.3) is 0 Å². The first-order valence-electron chi connectivity index (χ1n) is 8.72. The van der Waals surface area contributed by atoms with Crippen LogP contribution in [0.4, 0.5) is 0 Å². The molecule has 5 nitrogen and oxygen atoms in total. The highest BCUT2D eigenvalue weighted by Gasteiger charge is 2.25. The molecule has 0 saturated heterocycles. The summed E-state index contributed by atoms with van der Waals surface area (Å²) in [5.41, 5.74) is 1.91. The summed E-state index contributed by atoms with van der Waals surface area (Å²) in [7, 11) is -3.54. The molecule has 0 radical (unpaired) electrons. The average molecular weight is 374 g/mol. The lowest BCUT2D eigenvalue weighted by atomic mass is 9.89. The van der Waals surface area contributed by atoms with Crippen molar-refractivity contribution in [3.05, 3.63) is 59.7 Å². The number of ether oxygens (including phenoxy) is 2. The summed E-state index contributed by atoms with van der Waals surface area (Å²) in [6.45, 7) is 1.98. The van der Waals surface area contributed by atoms with Crippen molar-refractivity contribution in [2.75, 3.05) is 13.2 Å². The smallest absolute Gasteiger partial charge is 0.332 e. The average Bonchev–Trinajstić information content (AvgIpc) is 2.66. The van der Waals surface area contributed by atoms with Crippen molar-refractivity contribution < 1.29 is 22.7 Å². The molecule has 0 spiro atoms. The first-order valence-corrected chi connectivity index (χ1v) is 10.2. The highest BCUT2D eigenvalue weighted by atomic mass is 32.2. The van der Waals surface area contributed by atoms with Gasteiger partial charge in [-0.2, -0.15) is 0 Å². The van der Waals surface area contributed by atoms with Crippen LogP contribution in [0.2, 0.25) is 0 Å². The Balaban J connectivity index is 1.83. The number of esters is 1. The van der Waals surface area contributed by atoms with Crippen LogP contribution in [0.3, 0.4) is 0 Å². The summed E-state index contributed by atoms with van der Waals surface area (Å²) < 4.78 is 36.2. The molecule has 3 rings (SSSR count). The van der Waals surface area contributed by atoms with E-state index in [2.05, 4.69) is 0 Å². The van der Waals surface area contributed by atoms with Crippen LogP contribution in [0.5, 0.6) is 0 Å². The number of hydrogen-bond acceptors (Lipinski definition) is 5. The fraction of sp³-hybridized carbons (Fsp3) is 0.350. The van der Waals surface area contributed by atoms with Crippen LogP contribution in [-0.2, 0) is 30.5 Å². The third kappa shape index (κ3) is 3.97. The molecule has 0 saturated carbocycles. The summed E-state index contributed by atoms with van der Waals surface area (Å²) in [6.07, 6.45) is 2.27. The van der Waals surface area contributed by atoms with E-state index < -0.39 is 9.84 Å². The molecule has 26 heavy (non-hydrogen) atoms. The first kappa shape index (κ1) is 18.6. The zero-order valence-corrected chi connectivity index (χ0v) is 15.5. The van der Waals surface area contributed by atoms with E-state index >= 15 is 0 Å². The van der Waals surface area contributed by atoms with E-state index in [9.17, 15) is 13.2 Å². The van der Waals surface area contributed by atoms with Crippen molar-refractivity contribution in [3.8, 4) is 0 Å². The lowest BCUT2D eigenvalue weighted by molar-refractivity contribution is -0.151. The third-order valence-corrected chi connectivity index (χ3v) is 6.21. The molecule has 0 bridgehead atoms. The number of sulfone groups is 1. The summed E-state index contributed by atoms with van der Waals surface area (Å²) >= 11 is 0. The molecular formula is C20H22O5S. The molecule has 0 N–H and O–H groups in total. The number of carbonyl (C=O) groups is 1. The van der Waals surface area contributed by atoms with Crippen LogP contribution in [-0.4, -0.2) is 27.6 Å². The van der Waals surface area contributed by atoms with Gasteiger partial charge in [0.2, 0.25) is 9.84 Å². The molecule has 1 aliphatic rings. The zero-order chi connectivity index (χ0) is 18.6. The molecular weight excluding hydrogens is 352 g/mol. The van der Waals surface area contributed by atoms with E-state index in [1.807, 2.05) is 0 Å². The van der Waals surface area contributed by atoms with Crippen molar-refractivity contribution in [1.82, 2.24) is 0 Å². The lowest BCUT2D eigenvalue weighted by Crippen LogP contribution is -2.19. The molecule has 138 valence electrons. The Morgan fingerprint density at radius 3 is 2.62 bits per heavy atom. The molecule has 0 amide bonds. The molecule has 1 atom stereocenters. The van der Waals surface area contributed by atoms with E-state index in [1.165, 1.54) is 0 Å². The Labute approximate surface area is 153 Å². The lowest BCUT2D eigenvalue weighted by Gasteiger charge is -2.26. The molecule has 0 fully saturated rings. The summed E-state index contributed by atoms with van der Waals surface area (Å²) in [5, 5.41) is 0. The number of rotatable bonds is 6. The van der Waals surface area contributed by atoms with Gasteiger partial charge < -0.3 is 9.47 Å². The van der Waals surface area contributed by atoms with Crippen LogP contribution in [0.1, 0.15) is 37.0 Å². The van der Waals surface area contributed by atoms with Gasteiger partial charge in [0.1, 0.15) is 6.61 Å². The van der Waals surface area contributed by atoms with E-state index in [0.717, 1.165) is 30.4 Å². The van der Waals surface area contributed by atoms with Gasteiger partial charge >= 0.3 is 5.97 Å². The Bertz CT molecular complexity index is 874. The predicted molar refractivity (Wildman–Crippen MR) is 96.6 cm³/mol. The van der Waals surface area contributed by atoms with E-state index in [0.29, 0.717) is 6.61 Å². The number of carbonyl (C=O) groups excluding carboxylic acids is 1. The quantitative estimate of drug-likeness (QED) is 0.724. The molecule has 2 aromatic carbocycles. The van der Waals surface area contributed by atoms with Gasteiger partial charge in [-0.1, -0.05) is 24.3 Å². The van der Waals surface area contributed by atoms with Gasteiger partial charge in [-0.05, 0) is 61.6 Å². The molecule has 0 heterocycles. The molecule has 0 aromatic heterocycles. The normalized spacial score (nSPS) is 16.7. The Hall–Kier alpha value is -2.18. The maximum absolute atomic E-state index is 12.8. The number of fused-ring (bicyclic) bond motifs is 1. The highest BCUT2D eigenvalue weighted by Crippen LogP contribution is 2.34. The third-order valence-electron chi connectivity index (χ3n) is 4.45. The highest BCUT2D eigenvalue weighted by molar-refractivity contribution is 7.91. The minimum atomic E-state index is -3.54. The van der Waals surface area contributed by atoms with Crippen molar-refractivity contribution in [2.45, 2.75) is 42.1 Å². The second-order valence-corrected chi connectivity index (χ2v) is 8.12. The van der Waals surface area contributed by atoms with Gasteiger partial charge in [0.15, 0.2) is 0 Å². The minimum absolute atomic E-state index is 0.0952. The van der Waals surface area contributed by atoms with Gasteiger partial charge in [-0.15, -0.1) is 0 Å². The van der Waals surface area contributed by atoms with Crippen LogP contribution in [0.25, 0.3) is 0 Å². The van der Waals surface area contributed by atoms with Crippen molar-refractivity contribution in [2.24, 2.45) is 0 Å². The van der Waals surface area contributed by atoms with Crippen molar-refractivity contribution in [3.63, 3.8) is 0 Å². The summed E-state index contributed by atoms with van der Waals surface area (Å²) in [6, 6.07) is 13.6. The van der Waals surface area contributed by atoms with Crippen LogP contribution in [0, 0.1) is 0 Å². The first-order chi connectivity index (χ1) is 12.5. The Kier molecular flexibility index (Phi) is 5.74. The van der Waals surface area contributed by atoms with Crippen LogP contribution in [0.15, 0.2) is 58.3 Å². The maximum Gasteiger partial charge on any atom is 0.332 e. The minimum Gasteiger partial charge on any atom is -0.464 e. The van der Waals surface area contributed by atoms with Crippen LogP contribution >= 0.6 is 0 Å². The number of aryl methyl sites for hydroxylation is 1. The monoisotopic (exact) mass is 374 g/mol. The topological polar surface area (TPSA) is 69.7 Å². The van der Waals surface area contributed by atoms with Crippen molar-refractivity contribution >= 4 is 15.8 Å². The Morgan fingerprint density at radius 1 is 1.12 bits per heavy atom. The molecule has 1 aliphatic carbocycles. The summed E-state index contributed by atoms with van der Waals surface area (Å²) in [4.78, 5) is 12.1. The number of benzene rings is 2. The van der Waals surface area contributed by atoms with E-state index in [4.69, 9.17) is 9.47 Å². The fourth-order valence-corrected chi connectivity index (χ4v) is 4.53. The SMILES string of the molecule is CCOC(=O)COC1CCCc2cc(S(=O)(=O)c3ccccc3)ccc21. The van der Waals surface area contributed by atoms with Crippen molar-refractivity contribution in [1.29, 1.82) is 0 Å². The largest absolute Gasteiger partial charge is 0.464 e. The van der Waals surface area contributed by atoms with Gasteiger partial charge in [0.05, 0.1) is 22.5 Å². The Morgan fingerprint density at radius 2 is 1.88 bits per heavy atom. The van der Waals surface area contributed by atoms with E-state index in [-0.39, 0.29) is 28.5 Å². The van der Waals surface area contributed by atoms with E-state index in [1.54, 1.807) is 55.5 Å². The van der Waals surface area contributed by atoms with Gasteiger partial charge in [-0.3, -0.25) is 0 Å². The molecule has 6 heteroatoms. The maximum atomic E-state index is 12.8. The predicted octanol–water partition coefficient (Wildman–Crippen LogP) is 3.48. The fourth-order valence-electron chi connectivity index (χ4n) is 3.19. The molecule has 2 aromatic rings.